The van der Waals surface area contributed by atoms with Gasteiger partial charge >= 0.3 is 0 Å². The van der Waals surface area contributed by atoms with Crippen molar-refractivity contribution in [2.24, 2.45) is 0 Å². The zero-order valence-corrected chi connectivity index (χ0v) is 15.6. The Kier molecular flexibility index (Phi) is 6.99. The Morgan fingerprint density at radius 1 is 1.38 bits per heavy atom. The van der Waals surface area contributed by atoms with Crippen LogP contribution in [0.25, 0.3) is 0 Å². The van der Waals surface area contributed by atoms with Crippen LogP contribution in [0.4, 0.5) is 0 Å². The second-order valence-electron chi connectivity index (χ2n) is 5.72. The molecule has 1 aromatic carbocycles. The highest BCUT2D eigenvalue weighted by molar-refractivity contribution is 7.89. The molecule has 1 aliphatic heterocycles. The predicted molar refractivity (Wildman–Crippen MR) is 95.1 cm³/mol. The molecule has 0 bridgehead atoms. The van der Waals surface area contributed by atoms with Gasteiger partial charge in [-0.15, -0.1) is 5.92 Å². The molecule has 1 saturated heterocycles. The minimum absolute atomic E-state index is 0.0618. The molecule has 0 aliphatic carbocycles. The van der Waals surface area contributed by atoms with Crippen molar-refractivity contribution in [3.8, 4) is 17.6 Å². The molecular formula is C17H23N3O5S. The number of hydrogen-bond acceptors (Lipinski definition) is 6. The number of amides is 1. The smallest absolute Gasteiger partial charge is 0.264 e. The van der Waals surface area contributed by atoms with E-state index < -0.39 is 22.0 Å². The summed E-state index contributed by atoms with van der Waals surface area (Å²) >= 11 is 0. The fraction of sp³-hybridized carbons (Fsp3) is 0.471. The number of sulfonamides is 1. The minimum atomic E-state index is -3.90. The molecule has 1 heterocycles. The van der Waals surface area contributed by atoms with Gasteiger partial charge in [-0.1, -0.05) is 5.92 Å². The van der Waals surface area contributed by atoms with Crippen molar-refractivity contribution in [3.63, 3.8) is 0 Å². The van der Waals surface area contributed by atoms with E-state index in [2.05, 4.69) is 17.2 Å². The lowest BCUT2D eigenvalue weighted by Crippen LogP contribution is -2.49. The molecule has 8 nitrogen and oxygen atoms in total. The van der Waals surface area contributed by atoms with E-state index in [1.165, 1.54) is 19.2 Å². The Labute approximate surface area is 153 Å². The molecular weight excluding hydrogens is 358 g/mol. The van der Waals surface area contributed by atoms with Crippen LogP contribution in [0.1, 0.15) is 13.3 Å². The van der Waals surface area contributed by atoms with Crippen LogP contribution >= 0.6 is 0 Å². The molecule has 1 amide bonds. The van der Waals surface area contributed by atoms with Gasteiger partial charge < -0.3 is 10.1 Å². The molecule has 0 radical (unpaired) electrons. The van der Waals surface area contributed by atoms with Gasteiger partial charge in [-0.3, -0.25) is 10.0 Å². The fourth-order valence-corrected chi connectivity index (χ4v) is 4.25. The summed E-state index contributed by atoms with van der Waals surface area (Å²) in [6, 6.07) is 5.02. The summed E-state index contributed by atoms with van der Waals surface area (Å²) in [4.78, 5) is 12.3. The van der Waals surface area contributed by atoms with Crippen LogP contribution in [-0.4, -0.2) is 68.2 Å². The molecule has 1 fully saturated rings. The first-order chi connectivity index (χ1) is 12.4. The SMILES string of the molecule is CC#CCOc1ccc(S(=O)(=O)N2CCNCCC2C(=O)N(C)O)cc1. The summed E-state index contributed by atoms with van der Waals surface area (Å²) in [6.45, 7) is 2.98. The van der Waals surface area contributed by atoms with Crippen LogP contribution in [0.2, 0.25) is 0 Å². The van der Waals surface area contributed by atoms with Gasteiger partial charge in [0.2, 0.25) is 10.0 Å². The number of ether oxygens (including phenoxy) is 1. The Bertz CT molecular complexity index is 781. The van der Waals surface area contributed by atoms with Gasteiger partial charge in [0.25, 0.3) is 5.91 Å². The van der Waals surface area contributed by atoms with Crippen LogP contribution in [-0.2, 0) is 14.8 Å². The molecule has 2 N–H and O–H groups in total. The number of nitrogens with zero attached hydrogens (tertiary/aromatic N) is 2. The highest BCUT2D eigenvalue weighted by Gasteiger charge is 2.37. The Morgan fingerprint density at radius 3 is 2.69 bits per heavy atom. The second-order valence-corrected chi connectivity index (χ2v) is 7.61. The van der Waals surface area contributed by atoms with E-state index in [0.717, 1.165) is 4.31 Å². The number of hydrogen-bond donors (Lipinski definition) is 2. The number of rotatable bonds is 5. The second kappa shape index (κ2) is 9.00. The molecule has 0 aromatic heterocycles. The summed E-state index contributed by atoms with van der Waals surface area (Å²) in [5.41, 5.74) is 0. The molecule has 142 valence electrons. The number of hydroxylamine groups is 2. The zero-order chi connectivity index (χ0) is 19.2. The van der Waals surface area contributed by atoms with Crippen molar-refractivity contribution in [1.82, 2.24) is 14.7 Å². The maximum absolute atomic E-state index is 13.0. The molecule has 1 unspecified atom stereocenters. The number of likely N-dealkylation sites (N-methyl/N-ethyl adjacent to an activating group) is 1. The van der Waals surface area contributed by atoms with Crippen molar-refractivity contribution in [1.29, 1.82) is 0 Å². The van der Waals surface area contributed by atoms with Crippen LogP contribution < -0.4 is 10.1 Å². The summed E-state index contributed by atoms with van der Waals surface area (Å²) in [5, 5.41) is 13.0. The van der Waals surface area contributed by atoms with Gasteiger partial charge in [0, 0.05) is 20.1 Å². The average molecular weight is 381 g/mol. The fourth-order valence-electron chi connectivity index (χ4n) is 2.64. The lowest BCUT2D eigenvalue weighted by Gasteiger charge is -2.29. The normalized spacial score (nSPS) is 18.3. The number of benzene rings is 1. The molecule has 1 atom stereocenters. The van der Waals surface area contributed by atoms with E-state index in [4.69, 9.17) is 4.74 Å². The third-order valence-electron chi connectivity index (χ3n) is 3.97. The molecule has 9 heteroatoms. The van der Waals surface area contributed by atoms with Crippen LogP contribution in [0.5, 0.6) is 5.75 Å². The Morgan fingerprint density at radius 2 is 2.08 bits per heavy atom. The van der Waals surface area contributed by atoms with Crippen molar-refractivity contribution < 1.29 is 23.2 Å². The summed E-state index contributed by atoms with van der Waals surface area (Å²) in [5.74, 6) is 5.31. The van der Waals surface area contributed by atoms with Crippen molar-refractivity contribution in [2.45, 2.75) is 24.3 Å². The third-order valence-corrected chi connectivity index (χ3v) is 5.90. The number of nitrogens with one attached hydrogen (secondary N) is 1. The molecule has 2 rings (SSSR count). The first kappa shape index (κ1) is 20.2. The van der Waals surface area contributed by atoms with Gasteiger partial charge in [0.15, 0.2) is 0 Å². The minimum Gasteiger partial charge on any atom is -0.481 e. The van der Waals surface area contributed by atoms with E-state index in [0.29, 0.717) is 23.9 Å². The molecule has 26 heavy (non-hydrogen) atoms. The third kappa shape index (κ3) is 4.74. The average Bonchev–Trinajstić information content (AvgIpc) is 2.88. The largest absolute Gasteiger partial charge is 0.481 e. The van der Waals surface area contributed by atoms with Crippen LogP contribution in [0.3, 0.4) is 0 Å². The van der Waals surface area contributed by atoms with Gasteiger partial charge in [-0.2, -0.15) is 4.31 Å². The van der Waals surface area contributed by atoms with Crippen molar-refractivity contribution in [3.05, 3.63) is 24.3 Å². The van der Waals surface area contributed by atoms with E-state index >= 15 is 0 Å². The van der Waals surface area contributed by atoms with E-state index in [-0.39, 0.29) is 24.5 Å². The summed E-state index contributed by atoms with van der Waals surface area (Å²) in [7, 11) is -2.71. The maximum atomic E-state index is 13.0. The molecule has 1 aromatic rings. The van der Waals surface area contributed by atoms with Crippen LogP contribution in [0, 0.1) is 11.8 Å². The first-order valence-corrected chi connectivity index (χ1v) is 9.63. The zero-order valence-electron chi connectivity index (χ0n) is 14.8. The molecule has 1 aliphatic rings. The predicted octanol–water partition coefficient (Wildman–Crippen LogP) is 0.289. The first-order valence-electron chi connectivity index (χ1n) is 8.19. The summed E-state index contributed by atoms with van der Waals surface area (Å²) in [6.07, 6.45) is 0.278. The lowest BCUT2D eigenvalue weighted by molar-refractivity contribution is -0.163. The Hall–Kier alpha value is -2.12. The monoisotopic (exact) mass is 381 g/mol. The van der Waals surface area contributed by atoms with Gasteiger partial charge in [-0.25, -0.2) is 13.5 Å². The number of carbonyl (C=O) groups excluding carboxylic acids is 1. The van der Waals surface area contributed by atoms with Gasteiger partial charge in [0.1, 0.15) is 18.4 Å². The standard InChI is InChI=1S/C17H23N3O5S/c1-3-4-13-25-14-5-7-15(8-6-14)26(23,24)20-12-11-18-10-9-16(20)17(21)19(2)22/h5-8,16,18,22H,9-13H2,1-2H3. The molecule has 0 saturated carbocycles. The number of carbonyl (C=O) groups is 1. The molecule has 0 spiro atoms. The van der Waals surface area contributed by atoms with E-state index in [1.54, 1.807) is 19.1 Å². The van der Waals surface area contributed by atoms with E-state index in [1.807, 2.05) is 0 Å². The van der Waals surface area contributed by atoms with Crippen LogP contribution in [0.15, 0.2) is 29.2 Å². The topological polar surface area (TPSA) is 99.2 Å². The Balaban J connectivity index is 2.27. The van der Waals surface area contributed by atoms with Gasteiger partial charge in [0.05, 0.1) is 4.90 Å². The highest BCUT2D eigenvalue weighted by Crippen LogP contribution is 2.23. The van der Waals surface area contributed by atoms with E-state index in [9.17, 15) is 18.4 Å². The quantitative estimate of drug-likeness (QED) is 0.432. The van der Waals surface area contributed by atoms with Crippen molar-refractivity contribution >= 4 is 15.9 Å². The van der Waals surface area contributed by atoms with Gasteiger partial charge in [-0.05, 0) is 44.2 Å². The summed E-state index contributed by atoms with van der Waals surface area (Å²) < 4.78 is 32.6. The highest BCUT2D eigenvalue weighted by atomic mass is 32.2. The lowest BCUT2D eigenvalue weighted by atomic mass is 10.2. The maximum Gasteiger partial charge on any atom is 0.264 e. The van der Waals surface area contributed by atoms with Crippen molar-refractivity contribution in [2.75, 3.05) is 33.3 Å².